The lowest BCUT2D eigenvalue weighted by molar-refractivity contribution is -0.134. The molecule has 0 aliphatic carbocycles. The summed E-state index contributed by atoms with van der Waals surface area (Å²) < 4.78 is 13.2. The SMILES string of the molecule is O=C1CCC(NCc2ccc(Cl)c(F)c2)C(=O)N1. The van der Waals surface area contributed by atoms with Gasteiger partial charge in [0.2, 0.25) is 11.8 Å². The van der Waals surface area contributed by atoms with Crippen LogP contribution in [0.5, 0.6) is 0 Å². The topological polar surface area (TPSA) is 58.2 Å². The Bertz CT molecular complexity index is 493. The third-order valence-corrected chi connectivity index (χ3v) is 3.08. The summed E-state index contributed by atoms with van der Waals surface area (Å²) in [7, 11) is 0. The summed E-state index contributed by atoms with van der Waals surface area (Å²) in [5, 5.41) is 5.30. The number of hydrogen-bond acceptors (Lipinski definition) is 3. The van der Waals surface area contributed by atoms with Gasteiger partial charge < -0.3 is 5.32 Å². The van der Waals surface area contributed by atoms with Crippen LogP contribution in [0.2, 0.25) is 5.02 Å². The van der Waals surface area contributed by atoms with Crippen molar-refractivity contribution in [3.8, 4) is 0 Å². The van der Waals surface area contributed by atoms with Gasteiger partial charge in [-0.1, -0.05) is 17.7 Å². The third-order valence-electron chi connectivity index (χ3n) is 2.78. The van der Waals surface area contributed by atoms with E-state index in [-0.39, 0.29) is 16.8 Å². The highest BCUT2D eigenvalue weighted by Gasteiger charge is 2.25. The molecular formula is C12H12ClFN2O2. The fraction of sp³-hybridized carbons (Fsp3) is 0.333. The number of rotatable bonds is 3. The zero-order chi connectivity index (χ0) is 13.1. The predicted octanol–water partition coefficient (Wildman–Crippen LogP) is 1.37. The molecule has 0 radical (unpaired) electrons. The van der Waals surface area contributed by atoms with Gasteiger partial charge in [-0.2, -0.15) is 0 Å². The van der Waals surface area contributed by atoms with E-state index in [1.165, 1.54) is 12.1 Å². The average Bonchev–Trinajstić information content (AvgIpc) is 2.32. The summed E-state index contributed by atoms with van der Waals surface area (Å²) in [6.45, 7) is 0.348. The lowest BCUT2D eigenvalue weighted by atomic mass is 10.1. The van der Waals surface area contributed by atoms with Crippen LogP contribution in [0.25, 0.3) is 0 Å². The predicted molar refractivity (Wildman–Crippen MR) is 64.4 cm³/mol. The Balaban J connectivity index is 1.93. The van der Waals surface area contributed by atoms with Gasteiger partial charge in [0, 0.05) is 13.0 Å². The van der Waals surface area contributed by atoms with Crippen molar-refractivity contribution in [1.29, 1.82) is 0 Å². The van der Waals surface area contributed by atoms with E-state index in [2.05, 4.69) is 10.6 Å². The van der Waals surface area contributed by atoms with Gasteiger partial charge >= 0.3 is 0 Å². The van der Waals surface area contributed by atoms with Gasteiger partial charge in [-0.25, -0.2) is 4.39 Å². The molecule has 0 spiro atoms. The Morgan fingerprint density at radius 2 is 2.22 bits per heavy atom. The quantitative estimate of drug-likeness (QED) is 0.816. The van der Waals surface area contributed by atoms with Crippen molar-refractivity contribution < 1.29 is 14.0 Å². The fourth-order valence-electron chi connectivity index (χ4n) is 1.78. The molecule has 1 unspecified atom stereocenters. The molecule has 2 amide bonds. The molecule has 1 aliphatic heterocycles. The molecule has 18 heavy (non-hydrogen) atoms. The van der Waals surface area contributed by atoms with Gasteiger partial charge in [0.25, 0.3) is 0 Å². The zero-order valence-electron chi connectivity index (χ0n) is 9.50. The number of amides is 2. The molecule has 1 fully saturated rings. The number of hydrogen-bond donors (Lipinski definition) is 2. The number of carbonyl (C=O) groups excluding carboxylic acids is 2. The summed E-state index contributed by atoms with van der Waals surface area (Å²) in [5.74, 6) is -1.07. The molecule has 1 aromatic rings. The second kappa shape index (κ2) is 5.46. The highest BCUT2D eigenvalue weighted by atomic mass is 35.5. The van der Waals surface area contributed by atoms with E-state index in [0.29, 0.717) is 24.9 Å². The Morgan fingerprint density at radius 1 is 1.44 bits per heavy atom. The number of carbonyl (C=O) groups is 2. The number of imide groups is 1. The normalized spacial score (nSPS) is 19.8. The highest BCUT2D eigenvalue weighted by Crippen LogP contribution is 2.15. The van der Waals surface area contributed by atoms with Crippen molar-refractivity contribution >= 4 is 23.4 Å². The lowest BCUT2D eigenvalue weighted by Crippen LogP contribution is -2.50. The smallest absolute Gasteiger partial charge is 0.243 e. The molecule has 4 nitrogen and oxygen atoms in total. The number of halogens is 2. The standard InChI is InChI=1S/C12H12ClFN2O2/c13-8-2-1-7(5-9(8)14)6-15-10-3-4-11(17)16-12(10)18/h1-2,5,10,15H,3-4,6H2,(H,16,17,18). The first-order chi connectivity index (χ1) is 8.56. The zero-order valence-corrected chi connectivity index (χ0v) is 10.3. The molecule has 1 saturated heterocycles. The van der Waals surface area contributed by atoms with Crippen LogP contribution >= 0.6 is 11.6 Å². The van der Waals surface area contributed by atoms with E-state index in [4.69, 9.17) is 11.6 Å². The maximum absolute atomic E-state index is 13.2. The first kappa shape index (κ1) is 13.0. The van der Waals surface area contributed by atoms with Crippen molar-refractivity contribution in [2.45, 2.75) is 25.4 Å². The molecule has 0 bridgehead atoms. The van der Waals surface area contributed by atoms with Crippen LogP contribution in [0, 0.1) is 5.82 Å². The monoisotopic (exact) mass is 270 g/mol. The Kier molecular flexibility index (Phi) is 3.93. The van der Waals surface area contributed by atoms with Crippen LogP contribution in [0.4, 0.5) is 4.39 Å². The molecular weight excluding hydrogens is 259 g/mol. The van der Waals surface area contributed by atoms with Crippen molar-refractivity contribution in [2.24, 2.45) is 0 Å². The Morgan fingerprint density at radius 3 is 2.89 bits per heavy atom. The molecule has 1 atom stereocenters. The van der Waals surface area contributed by atoms with Crippen LogP contribution in [-0.2, 0) is 16.1 Å². The van der Waals surface area contributed by atoms with Crippen LogP contribution in [-0.4, -0.2) is 17.9 Å². The van der Waals surface area contributed by atoms with Crippen molar-refractivity contribution in [1.82, 2.24) is 10.6 Å². The van der Waals surface area contributed by atoms with Gasteiger partial charge in [0.15, 0.2) is 0 Å². The fourth-order valence-corrected chi connectivity index (χ4v) is 1.90. The number of piperidine rings is 1. The summed E-state index contributed by atoms with van der Waals surface area (Å²) in [4.78, 5) is 22.4. The number of benzene rings is 1. The molecule has 2 rings (SSSR count). The van der Waals surface area contributed by atoms with Crippen LogP contribution < -0.4 is 10.6 Å². The van der Waals surface area contributed by atoms with Crippen molar-refractivity contribution in [3.05, 3.63) is 34.6 Å². The van der Waals surface area contributed by atoms with Crippen LogP contribution in [0.15, 0.2) is 18.2 Å². The third kappa shape index (κ3) is 3.05. The van der Waals surface area contributed by atoms with Crippen molar-refractivity contribution in [3.63, 3.8) is 0 Å². The van der Waals surface area contributed by atoms with Gasteiger partial charge in [-0.3, -0.25) is 14.9 Å². The minimum absolute atomic E-state index is 0.0692. The maximum atomic E-state index is 13.2. The van der Waals surface area contributed by atoms with E-state index in [1.807, 2.05) is 0 Å². The first-order valence-corrected chi connectivity index (χ1v) is 5.95. The average molecular weight is 271 g/mol. The van der Waals surface area contributed by atoms with Gasteiger partial charge in [-0.15, -0.1) is 0 Å². The second-order valence-electron chi connectivity index (χ2n) is 4.13. The summed E-state index contributed by atoms with van der Waals surface area (Å²) in [6, 6.07) is 4.06. The highest BCUT2D eigenvalue weighted by molar-refractivity contribution is 6.30. The number of nitrogens with one attached hydrogen (secondary N) is 2. The largest absolute Gasteiger partial charge is 0.302 e. The molecule has 96 valence electrons. The molecule has 2 N–H and O–H groups in total. The summed E-state index contributed by atoms with van der Waals surface area (Å²) in [5.41, 5.74) is 0.696. The van der Waals surface area contributed by atoms with Crippen LogP contribution in [0.3, 0.4) is 0 Å². The van der Waals surface area contributed by atoms with E-state index in [0.717, 1.165) is 0 Å². The lowest BCUT2D eigenvalue weighted by Gasteiger charge is -2.21. The summed E-state index contributed by atoms with van der Waals surface area (Å²) in [6.07, 6.45) is 0.777. The minimum Gasteiger partial charge on any atom is -0.302 e. The maximum Gasteiger partial charge on any atom is 0.243 e. The van der Waals surface area contributed by atoms with Gasteiger partial charge in [-0.05, 0) is 24.1 Å². The molecule has 0 aromatic heterocycles. The second-order valence-corrected chi connectivity index (χ2v) is 4.54. The van der Waals surface area contributed by atoms with E-state index in [1.54, 1.807) is 6.07 Å². The molecule has 6 heteroatoms. The molecule has 0 saturated carbocycles. The minimum atomic E-state index is -0.487. The Hall–Kier alpha value is -1.46. The first-order valence-electron chi connectivity index (χ1n) is 5.57. The molecule has 1 aliphatic rings. The van der Waals surface area contributed by atoms with E-state index < -0.39 is 11.9 Å². The van der Waals surface area contributed by atoms with E-state index in [9.17, 15) is 14.0 Å². The van der Waals surface area contributed by atoms with Gasteiger partial charge in [0.05, 0.1) is 11.1 Å². The van der Waals surface area contributed by atoms with Gasteiger partial charge in [0.1, 0.15) is 5.82 Å². The van der Waals surface area contributed by atoms with Crippen LogP contribution in [0.1, 0.15) is 18.4 Å². The summed E-state index contributed by atoms with van der Waals surface area (Å²) >= 11 is 5.57. The molecule has 1 aromatic carbocycles. The van der Waals surface area contributed by atoms with Crippen molar-refractivity contribution in [2.75, 3.05) is 0 Å². The van der Waals surface area contributed by atoms with E-state index >= 15 is 0 Å². The molecule has 1 heterocycles. The Labute approximate surface area is 109 Å².